The van der Waals surface area contributed by atoms with Gasteiger partial charge in [0.2, 0.25) is 0 Å². The van der Waals surface area contributed by atoms with Crippen LogP contribution in [0.4, 0.5) is 13.2 Å². The Labute approximate surface area is 107 Å². The van der Waals surface area contributed by atoms with Gasteiger partial charge in [0, 0.05) is 12.7 Å². The molecule has 0 spiro atoms. The third kappa shape index (κ3) is 3.41. The Hall–Kier alpha value is -2.15. The zero-order chi connectivity index (χ0) is 13.9. The molecule has 1 aromatic heterocycles. The summed E-state index contributed by atoms with van der Waals surface area (Å²) in [5.41, 5.74) is 5.20. The van der Waals surface area contributed by atoms with Crippen LogP contribution >= 0.6 is 0 Å². The summed E-state index contributed by atoms with van der Waals surface area (Å²) in [6.07, 6.45) is -3.53. The van der Waals surface area contributed by atoms with Crippen molar-refractivity contribution >= 4 is 0 Å². The molecular weight excluding hydrogens is 259 g/mol. The average molecular weight is 269 g/mol. The maximum Gasteiger partial charge on any atom is 0.433 e. The summed E-state index contributed by atoms with van der Waals surface area (Å²) in [5.74, 6) is 0.335. The summed E-state index contributed by atoms with van der Waals surface area (Å²) >= 11 is 0. The predicted octanol–water partition coefficient (Wildman–Crippen LogP) is 2.75. The standard InChI is InChI=1S/C12H10F3N3O/c13-12(14,15)10-4-5-17-11(18-10)19-9-3-1-2-8(6-9)7-16/h1-6H,7,16H2. The lowest BCUT2D eigenvalue weighted by molar-refractivity contribution is -0.141. The number of halogens is 3. The molecule has 0 amide bonds. The van der Waals surface area contributed by atoms with E-state index >= 15 is 0 Å². The molecule has 0 radical (unpaired) electrons. The van der Waals surface area contributed by atoms with Crippen molar-refractivity contribution in [2.24, 2.45) is 5.73 Å². The first-order valence-corrected chi connectivity index (χ1v) is 5.36. The number of nitrogens with two attached hydrogens (primary N) is 1. The summed E-state index contributed by atoms with van der Waals surface area (Å²) in [5, 5.41) is 0. The average Bonchev–Trinajstić information content (AvgIpc) is 2.38. The van der Waals surface area contributed by atoms with Crippen LogP contribution in [-0.2, 0) is 12.7 Å². The summed E-state index contributed by atoms with van der Waals surface area (Å²) in [6, 6.07) is 7.09. The number of benzene rings is 1. The first-order chi connectivity index (χ1) is 8.99. The van der Waals surface area contributed by atoms with Crippen molar-refractivity contribution in [3.05, 3.63) is 47.8 Å². The van der Waals surface area contributed by atoms with Crippen molar-refractivity contribution in [3.8, 4) is 11.8 Å². The van der Waals surface area contributed by atoms with Gasteiger partial charge in [0.25, 0.3) is 0 Å². The quantitative estimate of drug-likeness (QED) is 0.930. The molecule has 0 saturated carbocycles. The minimum Gasteiger partial charge on any atom is -0.424 e. The molecule has 4 nitrogen and oxygen atoms in total. The Morgan fingerprint density at radius 1 is 1.21 bits per heavy atom. The fraction of sp³-hybridized carbons (Fsp3) is 0.167. The Bertz CT molecular complexity index is 572. The molecule has 2 rings (SSSR count). The summed E-state index contributed by atoms with van der Waals surface area (Å²) in [6.45, 7) is 0.306. The fourth-order valence-corrected chi connectivity index (χ4v) is 1.39. The van der Waals surface area contributed by atoms with Gasteiger partial charge in [-0.3, -0.25) is 0 Å². The van der Waals surface area contributed by atoms with E-state index in [1.54, 1.807) is 24.3 Å². The largest absolute Gasteiger partial charge is 0.433 e. The zero-order valence-corrected chi connectivity index (χ0v) is 9.69. The highest BCUT2D eigenvalue weighted by molar-refractivity contribution is 5.30. The number of alkyl halides is 3. The number of ether oxygens (including phenoxy) is 1. The molecule has 19 heavy (non-hydrogen) atoms. The molecule has 1 heterocycles. The highest BCUT2D eigenvalue weighted by Gasteiger charge is 2.33. The van der Waals surface area contributed by atoms with E-state index in [2.05, 4.69) is 9.97 Å². The van der Waals surface area contributed by atoms with Gasteiger partial charge in [-0.1, -0.05) is 12.1 Å². The van der Waals surface area contributed by atoms with E-state index in [-0.39, 0.29) is 6.01 Å². The minimum absolute atomic E-state index is 0.306. The molecule has 0 fully saturated rings. The highest BCUT2D eigenvalue weighted by atomic mass is 19.4. The van der Waals surface area contributed by atoms with Crippen LogP contribution in [0, 0.1) is 0 Å². The first kappa shape index (κ1) is 13.3. The topological polar surface area (TPSA) is 61.0 Å². The van der Waals surface area contributed by atoms with E-state index in [4.69, 9.17) is 10.5 Å². The van der Waals surface area contributed by atoms with Crippen LogP contribution in [-0.4, -0.2) is 9.97 Å². The Kier molecular flexibility index (Phi) is 3.66. The third-order valence-corrected chi connectivity index (χ3v) is 2.27. The van der Waals surface area contributed by atoms with E-state index < -0.39 is 11.9 Å². The predicted molar refractivity (Wildman–Crippen MR) is 61.4 cm³/mol. The summed E-state index contributed by atoms with van der Waals surface area (Å²) < 4.78 is 42.6. The summed E-state index contributed by atoms with van der Waals surface area (Å²) in [7, 11) is 0. The lowest BCUT2D eigenvalue weighted by Gasteiger charge is -2.08. The van der Waals surface area contributed by atoms with Gasteiger partial charge in [-0.15, -0.1) is 0 Å². The molecule has 0 atom stereocenters. The van der Waals surface area contributed by atoms with Crippen LogP contribution in [0.15, 0.2) is 36.5 Å². The molecule has 0 aliphatic carbocycles. The van der Waals surface area contributed by atoms with E-state index in [9.17, 15) is 13.2 Å². The van der Waals surface area contributed by atoms with Gasteiger partial charge < -0.3 is 10.5 Å². The van der Waals surface area contributed by atoms with Gasteiger partial charge in [-0.2, -0.15) is 18.2 Å². The minimum atomic E-state index is -4.53. The monoisotopic (exact) mass is 269 g/mol. The molecule has 7 heteroatoms. The van der Waals surface area contributed by atoms with Gasteiger partial charge in [0.1, 0.15) is 5.75 Å². The van der Waals surface area contributed by atoms with Crippen molar-refractivity contribution in [1.82, 2.24) is 9.97 Å². The Morgan fingerprint density at radius 3 is 2.68 bits per heavy atom. The zero-order valence-electron chi connectivity index (χ0n) is 9.69. The van der Waals surface area contributed by atoms with Crippen molar-refractivity contribution in [2.45, 2.75) is 12.7 Å². The van der Waals surface area contributed by atoms with Crippen LogP contribution in [0.1, 0.15) is 11.3 Å². The van der Waals surface area contributed by atoms with Crippen LogP contribution in [0.2, 0.25) is 0 Å². The maximum absolute atomic E-state index is 12.5. The molecule has 0 saturated heterocycles. The second kappa shape index (κ2) is 5.23. The molecule has 1 aromatic carbocycles. The number of hydrogen-bond donors (Lipinski definition) is 1. The lowest BCUT2D eigenvalue weighted by atomic mass is 10.2. The van der Waals surface area contributed by atoms with Crippen molar-refractivity contribution < 1.29 is 17.9 Å². The van der Waals surface area contributed by atoms with Crippen LogP contribution in [0.3, 0.4) is 0 Å². The normalized spacial score (nSPS) is 11.4. The van der Waals surface area contributed by atoms with E-state index in [0.717, 1.165) is 17.8 Å². The van der Waals surface area contributed by atoms with E-state index in [0.29, 0.717) is 12.3 Å². The molecule has 0 unspecified atom stereocenters. The highest BCUT2D eigenvalue weighted by Crippen LogP contribution is 2.28. The molecule has 0 aliphatic heterocycles. The molecule has 0 aliphatic rings. The molecule has 2 N–H and O–H groups in total. The van der Waals surface area contributed by atoms with Crippen LogP contribution < -0.4 is 10.5 Å². The van der Waals surface area contributed by atoms with E-state index in [1.165, 1.54) is 0 Å². The number of rotatable bonds is 3. The first-order valence-electron chi connectivity index (χ1n) is 5.36. The number of nitrogens with zero attached hydrogens (tertiary/aromatic N) is 2. The number of hydrogen-bond acceptors (Lipinski definition) is 4. The van der Waals surface area contributed by atoms with Gasteiger partial charge in [0.15, 0.2) is 5.69 Å². The van der Waals surface area contributed by atoms with E-state index in [1.807, 2.05) is 0 Å². The molecule has 2 aromatic rings. The smallest absolute Gasteiger partial charge is 0.424 e. The fourth-order valence-electron chi connectivity index (χ4n) is 1.39. The summed E-state index contributed by atoms with van der Waals surface area (Å²) in [4.78, 5) is 6.94. The Balaban J connectivity index is 2.23. The van der Waals surface area contributed by atoms with Gasteiger partial charge in [-0.25, -0.2) is 4.98 Å². The van der Waals surface area contributed by atoms with Crippen molar-refractivity contribution in [2.75, 3.05) is 0 Å². The van der Waals surface area contributed by atoms with Crippen LogP contribution in [0.5, 0.6) is 11.8 Å². The second-order valence-corrected chi connectivity index (χ2v) is 3.68. The third-order valence-electron chi connectivity index (χ3n) is 2.27. The lowest BCUT2D eigenvalue weighted by Crippen LogP contribution is -2.09. The molecule has 100 valence electrons. The molecular formula is C12H10F3N3O. The van der Waals surface area contributed by atoms with Gasteiger partial charge in [-0.05, 0) is 23.8 Å². The van der Waals surface area contributed by atoms with Crippen LogP contribution in [0.25, 0.3) is 0 Å². The van der Waals surface area contributed by atoms with Gasteiger partial charge in [0.05, 0.1) is 0 Å². The number of aromatic nitrogens is 2. The Morgan fingerprint density at radius 2 is 2.00 bits per heavy atom. The maximum atomic E-state index is 12.5. The SMILES string of the molecule is NCc1cccc(Oc2nccc(C(F)(F)F)n2)c1. The van der Waals surface area contributed by atoms with Crippen molar-refractivity contribution in [3.63, 3.8) is 0 Å². The van der Waals surface area contributed by atoms with Crippen molar-refractivity contribution in [1.29, 1.82) is 0 Å². The second-order valence-electron chi connectivity index (χ2n) is 3.68. The van der Waals surface area contributed by atoms with Gasteiger partial charge >= 0.3 is 12.2 Å². The molecule has 0 bridgehead atoms.